The van der Waals surface area contributed by atoms with Gasteiger partial charge in [0, 0.05) is 6.04 Å². The first-order chi connectivity index (χ1) is 9.95. The molecule has 6 heteroatoms. The van der Waals surface area contributed by atoms with Crippen LogP contribution in [0.4, 0.5) is 0 Å². The highest BCUT2D eigenvalue weighted by atomic mass is 16.4. The van der Waals surface area contributed by atoms with Crippen LogP contribution in [-0.4, -0.2) is 34.2 Å². The number of carbonyl (C=O) groups is 2. The molecule has 3 atom stereocenters. The van der Waals surface area contributed by atoms with Crippen molar-refractivity contribution in [1.29, 1.82) is 0 Å². The van der Waals surface area contributed by atoms with E-state index in [0.717, 1.165) is 5.56 Å². The molecule has 0 aliphatic heterocycles. The summed E-state index contributed by atoms with van der Waals surface area (Å²) in [5.74, 6) is -1.27. The minimum Gasteiger partial charge on any atom is -0.508 e. The summed E-state index contributed by atoms with van der Waals surface area (Å²) in [6, 6.07) is 5.75. The number of aliphatic carboxylic acids is 1. The second-order valence-electron chi connectivity index (χ2n) is 5.53. The maximum absolute atomic E-state index is 12.0. The van der Waals surface area contributed by atoms with Crippen LogP contribution in [-0.2, 0) is 16.0 Å². The van der Waals surface area contributed by atoms with Crippen molar-refractivity contribution in [1.82, 2.24) is 5.32 Å². The lowest BCUT2D eigenvalue weighted by Crippen LogP contribution is -2.45. The molecule has 3 unspecified atom stereocenters. The molecule has 0 radical (unpaired) electrons. The van der Waals surface area contributed by atoms with Crippen LogP contribution in [0.3, 0.4) is 0 Å². The molecular formula is C15H20N2O4. The third-order valence-corrected chi connectivity index (χ3v) is 3.86. The number of aromatic hydroxyl groups is 1. The van der Waals surface area contributed by atoms with Gasteiger partial charge in [0.2, 0.25) is 5.91 Å². The van der Waals surface area contributed by atoms with Crippen molar-refractivity contribution < 1.29 is 19.8 Å². The van der Waals surface area contributed by atoms with Crippen LogP contribution < -0.4 is 11.1 Å². The van der Waals surface area contributed by atoms with Crippen LogP contribution in [0.1, 0.15) is 24.8 Å². The second kappa shape index (κ2) is 6.58. The Hall–Kier alpha value is -2.08. The van der Waals surface area contributed by atoms with E-state index < -0.39 is 12.0 Å². The van der Waals surface area contributed by atoms with Crippen molar-refractivity contribution in [3.63, 3.8) is 0 Å². The first-order valence-electron chi connectivity index (χ1n) is 7.02. The topological polar surface area (TPSA) is 113 Å². The monoisotopic (exact) mass is 292 g/mol. The van der Waals surface area contributed by atoms with Gasteiger partial charge in [-0.3, -0.25) is 9.59 Å². The van der Waals surface area contributed by atoms with Crippen LogP contribution in [0.25, 0.3) is 0 Å². The van der Waals surface area contributed by atoms with Crippen molar-refractivity contribution in [2.75, 3.05) is 0 Å². The molecule has 1 saturated carbocycles. The van der Waals surface area contributed by atoms with Crippen molar-refractivity contribution in [3.05, 3.63) is 29.8 Å². The maximum Gasteiger partial charge on any atom is 0.306 e. The van der Waals surface area contributed by atoms with E-state index in [4.69, 9.17) is 10.8 Å². The summed E-state index contributed by atoms with van der Waals surface area (Å²) in [5.41, 5.74) is 6.73. The number of carboxylic acids is 1. The van der Waals surface area contributed by atoms with Gasteiger partial charge in [0.15, 0.2) is 0 Å². The summed E-state index contributed by atoms with van der Waals surface area (Å²) in [5, 5.41) is 21.0. The fourth-order valence-corrected chi connectivity index (χ4v) is 2.62. The van der Waals surface area contributed by atoms with Crippen LogP contribution in [0, 0.1) is 5.92 Å². The van der Waals surface area contributed by atoms with Crippen molar-refractivity contribution in [3.8, 4) is 5.75 Å². The molecule has 1 fully saturated rings. The number of amides is 1. The summed E-state index contributed by atoms with van der Waals surface area (Å²) in [6.45, 7) is 0. The SMILES string of the molecule is NC(Cc1ccc(O)cc1)C(=O)NC1CCC(C(=O)O)C1. The zero-order chi connectivity index (χ0) is 15.4. The predicted molar refractivity (Wildman–Crippen MR) is 76.7 cm³/mol. The predicted octanol–water partition coefficient (Wildman–Crippen LogP) is 0.631. The number of nitrogens with two attached hydrogens (primary N) is 1. The van der Waals surface area contributed by atoms with Gasteiger partial charge >= 0.3 is 5.97 Å². The molecule has 0 heterocycles. The zero-order valence-electron chi connectivity index (χ0n) is 11.7. The highest BCUT2D eigenvalue weighted by molar-refractivity contribution is 5.82. The molecule has 1 aliphatic carbocycles. The molecule has 0 saturated heterocycles. The molecule has 2 rings (SSSR count). The molecule has 114 valence electrons. The zero-order valence-corrected chi connectivity index (χ0v) is 11.7. The number of carbonyl (C=O) groups excluding carboxylic acids is 1. The number of rotatable bonds is 5. The third kappa shape index (κ3) is 4.19. The van der Waals surface area contributed by atoms with Gasteiger partial charge in [0.1, 0.15) is 5.75 Å². The van der Waals surface area contributed by atoms with Gasteiger partial charge < -0.3 is 21.3 Å². The molecule has 1 aromatic carbocycles. The van der Waals surface area contributed by atoms with Crippen molar-refractivity contribution >= 4 is 11.9 Å². The average molecular weight is 292 g/mol. The highest BCUT2D eigenvalue weighted by Crippen LogP contribution is 2.25. The van der Waals surface area contributed by atoms with Crippen LogP contribution in [0.5, 0.6) is 5.75 Å². The van der Waals surface area contributed by atoms with Crippen LogP contribution in [0.15, 0.2) is 24.3 Å². The normalized spacial score (nSPS) is 22.7. The number of benzene rings is 1. The average Bonchev–Trinajstić information content (AvgIpc) is 2.90. The quantitative estimate of drug-likeness (QED) is 0.636. The third-order valence-electron chi connectivity index (χ3n) is 3.86. The van der Waals surface area contributed by atoms with E-state index in [2.05, 4.69) is 5.32 Å². The summed E-state index contributed by atoms with van der Waals surface area (Å²) in [6.07, 6.45) is 2.11. The summed E-state index contributed by atoms with van der Waals surface area (Å²) in [4.78, 5) is 22.9. The van der Waals surface area contributed by atoms with E-state index >= 15 is 0 Å². The molecule has 6 nitrogen and oxygen atoms in total. The van der Waals surface area contributed by atoms with E-state index in [0.29, 0.717) is 25.7 Å². The number of hydrogen-bond donors (Lipinski definition) is 4. The molecule has 1 amide bonds. The number of carboxylic acid groups (broad SMARTS) is 1. The largest absolute Gasteiger partial charge is 0.508 e. The summed E-state index contributed by atoms with van der Waals surface area (Å²) < 4.78 is 0. The van der Waals surface area contributed by atoms with E-state index in [1.807, 2.05) is 0 Å². The van der Waals surface area contributed by atoms with E-state index in [-0.39, 0.29) is 23.6 Å². The maximum atomic E-state index is 12.0. The van der Waals surface area contributed by atoms with Crippen molar-refractivity contribution in [2.45, 2.75) is 37.8 Å². The van der Waals surface area contributed by atoms with E-state index in [1.165, 1.54) is 0 Å². The van der Waals surface area contributed by atoms with E-state index in [9.17, 15) is 14.7 Å². The molecule has 5 N–H and O–H groups in total. The molecule has 1 aliphatic rings. The Balaban J connectivity index is 1.83. The Morgan fingerprint density at radius 3 is 2.52 bits per heavy atom. The van der Waals surface area contributed by atoms with Gasteiger partial charge in [0.05, 0.1) is 12.0 Å². The highest BCUT2D eigenvalue weighted by Gasteiger charge is 2.31. The van der Waals surface area contributed by atoms with Gasteiger partial charge in [-0.25, -0.2) is 0 Å². The molecule has 0 spiro atoms. The minimum atomic E-state index is -0.805. The van der Waals surface area contributed by atoms with E-state index in [1.54, 1.807) is 24.3 Å². The first-order valence-corrected chi connectivity index (χ1v) is 7.02. The Kier molecular flexibility index (Phi) is 4.80. The van der Waals surface area contributed by atoms with Crippen LogP contribution in [0.2, 0.25) is 0 Å². The first kappa shape index (κ1) is 15.3. The van der Waals surface area contributed by atoms with Gasteiger partial charge in [-0.1, -0.05) is 12.1 Å². The lowest BCUT2D eigenvalue weighted by molar-refractivity contribution is -0.141. The van der Waals surface area contributed by atoms with Gasteiger partial charge in [0.25, 0.3) is 0 Å². The molecule has 1 aromatic rings. The number of phenols is 1. The Labute approximate surface area is 123 Å². The molecule has 0 aromatic heterocycles. The number of phenolic OH excluding ortho intramolecular Hbond substituents is 1. The molecule has 0 bridgehead atoms. The molecule has 21 heavy (non-hydrogen) atoms. The van der Waals surface area contributed by atoms with Crippen LogP contribution >= 0.6 is 0 Å². The Morgan fingerprint density at radius 2 is 1.95 bits per heavy atom. The van der Waals surface area contributed by atoms with Gasteiger partial charge in [-0.2, -0.15) is 0 Å². The Morgan fingerprint density at radius 1 is 1.29 bits per heavy atom. The van der Waals surface area contributed by atoms with Crippen molar-refractivity contribution in [2.24, 2.45) is 11.7 Å². The smallest absolute Gasteiger partial charge is 0.306 e. The number of hydrogen-bond acceptors (Lipinski definition) is 4. The standard InChI is InChI=1S/C15H20N2O4/c16-13(7-9-1-5-12(18)6-2-9)14(19)17-11-4-3-10(8-11)15(20)21/h1-2,5-6,10-11,13,18H,3-4,7-8,16H2,(H,17,19)(H,20,21). The second-order valence-corrected chi connectivity index (χ2v) is 5.53. The Bertz CT molecular complexity index is 515. The summed E-state index contributed by atoms with van der Waals surface area (Å²) >= 11 is 0. The fourth-order valence-electron chi connectivity index (χ4n) is 2.62. The summed E-state index contributed by atoms with van der Waals surface area (Å²) in [7, 11) is 0. The molecular weight excluding hydrogens is 272 g/mol. The van der Waals surface area contributed by atoms with Gasteiger partial charge in [-0.05, 0) is 43.4 Å². The number of nitrogens with one attached hydrogen (secondary N) is 1. The lowest BCUT2D eigenvalue weighted by atomic mass is 10.1. The fraction of sp³-hybridized carbons (Fsp3) is 0.467. The lowest BCUT2D eigenvalue weighted by Gasteiger charge is -2.17. The van der Waals surface area contributed by atoms with Gasteiger partial charge in [-0.15, -0.1) is 0 Å². The minimum absolute atomic E-state index is 0.107.